The molecule has 0 aliphatic heterocycles. The highest BCUT2D eigenvalue weighted by Crippen LogP contribution is 2.22. The van der Waals surface area contributed by atoms with Crippen molar-refractivity contribution in [3.8, 4) is 11.4 Å². The monoisotopic (exact) mass is 302 g/mol. The molecule has 0 amide bonds. The maximum atomic E-state index is 10.5. The molecule has 0 unspecified atom stereocenters. The van der Waals surface area contributed by atoms with Crippen LogP contribution < -0.4 is 0 Å². The molecule has 0 spiro atoms. The van der Waals surface area contributed by atoms with Crippen molar-refractivity contribution in [1.29, 1.82) is 0 Å². The Bertz CT molecular complexity index is 751. The van der Waals surface area contributed by atoms with E-state index in [2.05, 4.69) is 15.3 Å². The SMILES string of the molecule is O=C(O)CCCCc1nn2c(-c3ccccc3)nnc2s1. The van der Waals surface area contributed by atoms with Gasteiger partial charge in [-0.25, -0.2) is 0 Å². The van der Waals surface area contributed by atoms with Crippen molar-refractivity contribution in [2.75, 3.05) is 0 Å². The molecule has 3 rings (SSSR count). The van der Waals surface area contributed by atoms with E-state index >= 15 is 0 Å². The summed E-state index contributed by atoms with van der Waals surface area (Å²) in [6, 6.07) is 9.81. The molecule has 0 aliphatic rings. The van der Waals surface area contributed by atoms with Gasteiger partial charge in [0.15, 0.2) is 5.82 Å². The van der Waals surface area contributed by atoms with E-state index in [1.165, 1.54) is 11.3 Å². The fourth-order valence-electron chi connectivity index (χ4n) is 2.08. The first-order valence-electron chi connectivity index (χ1n) is 6.72. The Labute approximate surface area is 125 Å². The Hall–Kier alpha value is -2.28. The quantitative estimate of drug-likeness (QED) is 0.708. The smallest absolute Gasteiger partial charge is 0.303 e. The summed E-state index contributed by atoms with van der Waals surface area (Å²) in [6.45, 7) is 0. The number of hydrogen-bond acceptors (Lipinski definition) is 5. The van der Waals surface area contributed by atoms with E-state index in [1.54, 1.807) is 4.52 Å². The number of carboxylic acid groups (broad SMARTS) is 1. The predicted octanol–water partition coefficient (Wildman–Crippen LogP) is 2.65. The van der Waals surface area contributed by atoms with Crippen LogP contribution in [0.5, 0.6) is 0 Å². The van der Waals surface area contributed by atoms with Crippen molar-refractivity contribution in [3.05, 3.63) is 35.3 Å². The lowest BCUT2D eigenvalue weighted by atomic mass is 10.2. The minimum atomic E-state index is -0.750. The van der Waals surface area contributed by atoms with Crippen molar-refractivity contribution >= 4 is 22.3 Å². The van der Waals surface area contributed by atoms with Crippen LogP contribution >= 0.6 is 11.3 Å². The van der Waals surface area contributed by atoms with Gasteiger partial charge in [0.2, 0.25) is 4.96 Å². The van der Waals surface area contributed by atoms with Crippen LogP contribution in [0.2, 0.25) is 0 Å². The Morgan fingerprint density at radius 3 is 2.76 bits per heavy atom. The van der Waals surface area contributed by atoms with E-state index in [0.29, 0.717) is 6.42 Å². The van der Waals surface area contributed by atoms with Gasteiger partial charge in [0.25, 0.3) is 0 Å². The van der Waals surface area contributed by atoms with Gasteiger partial charge in [-0.2, -0.15) is 9.61 Å². The molecule has 3 aromatic rings. The number of benzene rings is 1. The molecule has 1 aromatic carbocycles. The average Bonchev–Trinajstić information content (AvgIpc) is 3.04. The van der Waals surface area contributed by atoms with E-state index < -0.39 is 5.97 Å². The minimum absolute atomic E-state index is 0.208. The summed E-state index contributed by atoms with van der Waals surface area (Å²) in [5, 5.41) is 22.4. The molecule has 6 nitrogen and oxygen atoms in total. The number of carboxylic acids is 1. The normalized spacial score (nSPS) is 11.0. The van der Waals surface area contributed by atoms with E-state index in [0.717, 1.165) is 34.2 Å². The summed E-state index contributed by atoms with van der Waals surface area (Å²) in [6.07, 6.45) is 2.47. The van der Waals surface area contributed by atoms with Gasteiger partial charge in [-0.1, -0.05) is 41.7 Å². The number of aliphatic carboxylic acids is 1. The lowest BCUT2D eigenvalue weighted by molar-refractivity contribution is -0.137. The molecule has 0 fully saturated rings. The molecule has 0 saturated carbocycles. The number of rotatable bonds is 6. The third kappa shape index (κ3) is 3.08. The molecule has 2 aromatic heterocycles. The second kappa shape index (κ2) is 6.01. The zero-order valence-electron chi connectivity index (χ0n) is 11.3. The third-order valence-electron chi connectivity index (χ3n) is 3.10. The summed E-state index contributed by atoms with van der Waals surface area (Å²) in [7, 11) is 0. The van der Waals surface area contributed by atoms with Crippen LogP contribution in [0, 0.1) is 0 Å². The number of carbonyl (C=O) groups is 1. The standard InChI is InChI=1S/C14H14N4O2S/c19-12(20)9-5-4-8-11-17-18-13(15-16-14(18)21-11)10-6-2-1-3-7-10/h1-3,6-7H,4-5,8-9H2,(H,19,20). The van der Waals surface area contributed by atoms with Crippen LogP contribution in [0.4, 0.5) is 0 Å². The summed E-state index contributed by atoms with van der Waals surface area (Å²) < 4.78 is 1.76. The molecule has 0 bridgehead atoms. The molecule has 0 saturated heterocycles. The predicted molar refractivity (Wildman–Crippen MR) is 79.3 cm³/mol. The molecule has 108 valence electrons. The summed E-state index contributed by atoms with van der Waals surface area (Å²) in [5.41, 5.74) is 0.979. The van der Waals surface area contributed by atoms with Crippen LogP contribution in [0.1, 0.15) is 24.3 Å². The van der Waals surface area contributed by atoms with Gasteiger partial charge in [-0.15, -0.1) is 10.2 Å². The lowest BCUT2D eigenvalue weighted by Gasteiger charge is -1.96. The summed E-state index contributed by atoms with van der Waals surface area (Å²) in [4.78, 5) is 11.2. The molecular weight excluding hydrogens is 288 g/mol. The number of unbranched alkanes of at least 4 members (excludes halogenated alkanes) is 1. The number of hydrogen-bond donors (Lipinski definition) is 1. The van der Waals surface area contributed by atoms with Crippen molar-refractivity contribution in [2.45, 2.75) is 25.7 Å². The fourth-order valence-corrected chi connectivity index (χ4v) is 2.95. The fraction of sp³-hybridized carbons (Fsp3) is 0.286. The Morgan fingerprint density at radius 1 is 1.19 bits per heavy atom. The van der Waals surface area contributed by atoms with Crippen molar-refractivity contribution in [3.63, 3.8) is 0 Å². The van der Waals surface area contributed by atoms with Crippen molar-refractivity contribution in [2.24, 2.45) is 0 Å². The minimum Gasteiger partial charge on any atom is -0.481 e. The molecule has 0 radical (unpaired) electrons. The van der Waals surface area contributed by atoms with Crippen LogP contribution in [-0.4, -0.2) is 30.9 Å². The van der Waals surface area contributed by atoms with E-state index in [4.69, 9.17) is 5.11 Å². The largest absolute Gasteiger partial charge is 0.481 e. The van der Waals surface area contributed by atoms with Gasteiger partial charge in [-0.05, 0) is 12.8 Å². The lowest BCUT2D eigenvalue weighted by Crippen LogP contribution is -1.96. The van der Waals surface area contributed by atoms with E-state index in [-0.39, 0.29) is 6.42 Å². The molecular formula is C14H14N4O2S. The Kier molecular flexibility index (Phi) is 3.92. The first kappa shape index (κ1) is 13.7. The van der Waals surface area contributed by atoms with Gasteiger partial charge in [0, 0.05) is 18.4 Å². The second-order valence-electron chi connectivity index (χ2n) is 4.68. The number of aryl methyl sites for hydroxylation is 1. The number of nitrogens with zero attached hydrogens (tertiary/aromatic N) is 4. The van der Waals surface area contributed by atoms with E-state index in [1.807, 2.05) is 30.3 Å². The third-order valence-corrected chi connectivity index (χ3v) is 4.05. The van der Waals surface area contributed by atoms with E-state index in [9.17, 15) is 4.79 Å². The maximum absolute atomic E-state index is 10.5. The highest BCUT2D eigenvalue weighted by Gasteiger charge is 2.12. The van der Waals surface area contributed by atoms with Crippen LogP contribution in [-0.2, 0) is 11.2 Å². The van der Waals surface area contributed by atoms with Gasteiger partial charge >= 0.3 is 5.97 Å². The summed E-state index contributed by atoms with van der Waals surface area (Å²) in [5.74, 6) is -0.0156. The number of aromatic nitrogens is 4. The van der Waals surface area contributed by atoms with Crippen molar-refractivity contribution in [1.82, 2.24) is 19.8 Å². The van der Waals surface area contributed by atoms with Crippen molar-refractivity contribution < 1.29 is 9.90 Å². The van der Waals surface area contributed by atoms with Crippen LogP contribution in [0.3, 0.4) is 0 Å². The van der Waals surface area contributed by atoms with Gasteiger partial charge in [-0.3, -0.25) is 4.79 Å². The molecule has 1 N–H and O–H groups in total. The zero-order chi connectivity index (χ0) is 14.7. The first-order chi connectivity index (χ1) is 10.2. The topological polar surface area (TPSA) is 80.4 Å². The molecule has 21 heavy (non-hydrogen) atoms. The Morgan fingerprint density at radius 2 is 2.00 bits per heavy atom. The average molecular weight is 302 g/mol. The van der Waals surface area contributed by atoms with Gasteiger partial charge in [0.05, 0.1) is 0 Å². The molecule has 0 atom stereocenters. The highest BCUT2D eigenvalue weighted by molar-refractivity contribution is 7.16. The molecule has 7 heteroatoms. The molecule has 0 aliphatic carbocycles. The first-order valence-corrected chi connectivity index (χ1v) is 7.54. The van der Waals surface area contributed by atoms with Crippen LogP contribution in [0.15, 0.2) is 30.3 Å². The highest BCUT2D eigenvalue weighted by atomic mass is 32.1. The Balaban J connectivity index is 1.75. The zero-order valence-corrected chi connectivity index (χ0v) is 12.1. The molecule has 2 heterocycles. The summed E-state index contributed by atoms with van der Waals surface area (Å²) >= 11 is 1.50. The second-order valence-corrected chi connectivity index (χ2v) is 5.72. The maximum Gasteiger partial charge on any atom is 0.303 e. The number of fused-ring (bicyclic) bond motifs is 1. The van der Waals surface area contributed by atoms with Gasteiger partial charge < -0.3 is 5.11 Å². The van der Waals surface area contributed by atoms with Gasteiger partial charge in [0.1, 0.15) is 5.01 Å². The van der Waals surface area contributed by atoms with Crippen LogP contribution in [0.25, 0.3) is 16.3 Å².